The molecule has 0 aliphatic heterocycles. The van der Waals surface area contributed by atoms with E-state index in [9.17, 15) is 8.78 Å². The Kier molecular flexibility index (Phi) is 2.73. The molecular formula is C12H12F2N2. The lowest BCUT2D eigenvalue weighted by atomic mass is 10.1. The summed E-state index contributed by atoms with van der Waals surface area (Å²) in [5.74, 6) is -1.37. The van der Waals surface area contributed by atoms with Crippen LogP contribution in [-0.4, -0.2) is 4.98 Å². The summed E-state index contributed by atoms with van der Waals surface area (Å²) in [6, 6.07) is 3.98. The summed E-state index contributed by atoms with van der Waals surface area (Å²) in [5.41, 5.74) is 6.99. The first-order chi connectivity index (χ1) is 7.61. The van der Waals surface area contributed by atoms with Gasteiger partial charge in [-0.2, -0.15) is 0 Å². The molecule has 0 amide bonds. The summed E-state index contributed by atoms with van der Waals surface area (Å²) in [4.78, 5) is 4.07. The maximum Gasteiger partial charge on any atom is 0.161 e. The van der Waals surface area contributed by atoms with Crippen molar-refractivity contribution >= 4 is 16.7 Å². The number of aryl methyl sites for hydroxylation is 1. The highest BCUT2D eigenvalue weighted by atomic mass is 19.2. The van der Waals surface area contributed by atoms with Crippen molar-refractivity contribution in [3.05, 3.63) is 35.4 Å². The molecule has 16 heavy (non-hydrogen) atoms. The highest BCUT2D eigenvalue weighted by molar-refractivity contribution is 5.81. The molecule has 2 N–H and O–H groups in total. The Morgan fingerprint density at radius 1 is 1.19 bits per heavy atom. The van der Waals surface area contributed by atoms with Crippen molar-refractivity contribution in [3.8, 4) is 0 Å². The molecular weight excluding hydrogens is 210 g/mol. The number of pyridine rings is 1. The van der Waals surface area contributed by atoms with E-state index in [4.69, 9.17) is 5.73 Å². The van der Waals surface area contributed by atoms with Gasteiger partial charge in [-0.3, -0.25) is 0 Å². The van der Waals surface area contributed by atoms with Crippen LogP contribution in [0.3, 0.4) is 0 Å². The van der Waals surface area contributed by atoms with Gasteiger partial charge in [0.1, 0.15) is 5.82 Å². The molecule has 0 bridgehead atoms. The van der Waals surface area contributed by atoms with Crippen molar-refractivity contribution in [1.82, 2.24) is 4.98 Å². The van der Waals surface area contributed by atoms with Crippen LogP contribution < -0.4 is 5.73 Å². The number of nitrogen functional groups attached to an aromatic ring is 1. The van der Waals surface area contributed by atoms with Gasteiger partial charge in [-0.05, 0) is 24.1 Å². The average Bonchev–Trinajstić information content (AvgIpc) is 2.23. The predicted octanol–water partition coefficient (Wildman–Crippen LogP) is 3.05. The minimum absolute atomic E-state index is 0.385. The second-order valence-electron chi connectivity index (χ2n) is 3.74. The van der Waals surface area contributed by atoms with Gasteiger partial charge in [-0.15, -0.1) is 0 Å². The smallest absolute Gasteiger partial charge is 0.161 e. The van der Waals surface area contributed by atoms with Crippen molar-refractivity contribution in [2.45, 2.75) is 19.8 Å². The average molecular weight is 222 g/mol. The highest BCUT2D eigenvalue weighted by Gasteiger charge is 2.08. The predicted molar refractivity (Wildman–Crippen MR) is 60.1 cm³/mol. The summed E-state index contributed by atoms with van der Waals surface area (Å²) in [6.45, 7) is 2.02. The number of anilines is 1. The Morgan fingerprint density at radius 2 is 1.88 bits per heavy atom. The maximum atomic E-state index is 13.0. The van der Waals surface area contributed by atoms with Gasteiger partial charge in [0.05, 0.1) is 5.52 Å². The van der Waals surface area contributed by atoms with Crippen molar-refractivity contribution in [2.24, 2.45) is 0 Å². The monoisotopic (exact) mass is 222 g/mol. The molecule has 2 aromatic rings. The van der Waals surface area contributed by atoms with E-state index in [1.54, 1.807) is 6.07 Å². The van der Waals surface area contributed by atoms with Crippen molar-refractivity contribution in [3.63, 3.8) is 0 Å². The Hall–Kier alpha value is -1.71. The molecule has 2 nitrogen and oxygen atoms in total. The third-order valence-electron chi connectivity index (χ3n) is 2.49. The quantitative estimate of drug-likeness (QED) is 0.848. The van der Waals surface area contributed by atoms with E-state index in [-0.39, 0.29) is 0 Å². The molecule has 0 atom stereocenters. The number of aromatic nitrogens is 1. The van der Waals surface area contributed by atoms with Gasteiger partial charge in [0, 0.05) is 11.5 Å². The fourth-order valence-electron chi connectivity index (χ4n) is 1.70. The molecule has 0 aliphatic rings. The standard InChI is InChI=1S/C12H12F2N2/c1-2-3-7-4-8-5-9(13)10(14)6-11(8)16-12(7)15/h4-6H,2-3H2,1H3,(H2,15,16). The fraction of sp³-hybridized carbons (Fsp3) is 0.250. The molecule has 84 valence electrons. The zero-order chi connectivity index (χ0) is 11.7. The molecule has 0 unspecified atom stereocenters. The van der Waals surface area contributed by atoms with E-state index in [2.05, 4.69) is 4.98 Å². The first-order valence-corrected chi connectivity index (χ1v) is 5.16. The molecule has 0 aliphatic carbocycles. The zero-order valence-corrected chi connectivity index (χ0v) is 8.93. The van der Waals surface area contributed by atoms with E-state index in [1.165, 1.54) is 0 Å². The summed E-state index contributed by atoms with van der Waals surface area (Å²) in [7, 11) is 0. The minimum atomic E-state index is -0.900. The number of halogens is 2. The molecule has 4 heteroatoms. The second-order valence-corrected chi connectivity index (χ2v) is 3.74. The molecule has 0 radical (unpaired) electrons. The first-order valence-electron chi connectivity index (χ1n) is 5.16. The number of fused-ring (bicyclic) bond motifs is 1. The number of nitrogens with two attached hydrogens (primary N) is 1. The number of rotatable bonds is 2. The number of hydrogen-bond acceptors (Lipinski definition) is 2. The van der Waals surface area contributed by atoms with Crippen LogP contribution in [-0.2, 0) is 6.42 Å². The van der Waals surface area contributed by atoms with E-state index >= 15 is 0 Å². The van der Waals surface area contributed by atoms with Crippen LogP contribution in [0.25, 0.3) is 10.9 Å². The molecule has 1 aromatic carbocycles. The van der Waals surface area contributed by atoms with Crippen LogP contribution in [0.15, 0.2) is 18.2 Å². The van der Waals surface area contributed by atoms with Gasteiger partial charge in [0.2, 0.25) is 0 Å². The third-order valence-corrected chi connectivity index (χ3v) is 2.49. The Labute approximate surface area is 92.1 Å². The highest BCUT2D eigenvalue weighted by Crippen LogP contribution is 2.22. The third kappa shape index (κ3) is 1.83. The van der Waals surface area contributed by atoms with Crippen LogP contribution >= 0.6 is 0 Å². The first kappa shape index (κ1) is 10.8. The lowest BCUT2D eigenvalue weighted by molar-refractivity contribution is 0.510. The van der Waals surface area contributed by atoms with Gasteiger partial charge in [0.25, 0.3) is 0 Å². The van der Waals surface area contributed by atoms with Gasteiger partial charge in [0.15, 0.2) is 11.6 Å². The molecule has 2 rings (SSSR count). The van der Waals surface area contributed by atoms with Gasteiger partial charge in [-0.1, -0.05) is 13.3 Å². The number of nitrogens with zero attached hydrogens (tertiary/aromatic N) is 1. The molecule has 0 saturated carbocycles. The van der Waals surface area contributed by atoms with Crippen LogP contribution in [0.1, 0.15) is 18.9 Å². The van der Waals surface area contributed by atoms with Crippen molar-refractivity contribution in [1.29, 1.82) is 0 Å². The number of hydrogen-bond donors (Lipinski definition) is 1. The van der Waals surface area contributed by atoms with E-state index in [0.717, 1.165) is 30.5 Å². The number of benzene rings is 1. The molecule has 0 saturated heterocycles. The largest absolute Gasteiger partial charge is 0.383 e. The summed E-state index contributed by atoms with van der Waals surface area (Å²) < 4.78 is 26.0. The lowest BCUT2D eigenvalue weighted by Crippen LogP contribution is -1.99. The molecule has 1 heterocycles. The van der Waals surface area contributed by atoms with E-state index in [0.29, 0.717) is 16.7 Å². The summed E-state index contributed by atoms with van der Waals surface area (Å²) >= 11 is 0. The molecule has 1 aromatic heterocycles. The van der Waals surface area contributed by atoms with Crippen molar-refractivity contribution in [2.75, 3.05) is 5.73 Å². The molecule has 0 fully saturated rings. The van der Waals surface area contributed by atoms with Gasteiger partial charge < -0.3 is 5.73 Å². The Balaban J connectivity index is 2.65. The van der Waals surface area contributed by atoms with Gasteiger partial charge in [-0.25, -0.2) is 13.8 Å². The van der Waals surface area contributed by atoms with Gasteiger partial charge >= 0.3 is 0 Å². The SMILES string of the molecule is CCCc1cc2cc(F)c(F)cc2nc1N. The zero-order valence-electron chi connectivity index (χ0n) is 8.93. The molecule has 0 spiro atoms. The van der Waals surface area contributed by atoms with E-state index < -0.39 is 11.6 Å². The fourth-order valence-corrected chi connectivity index (χ4v) is 1.70. The normalized spacial score (nSPS) is 10.9. The summed E-state index contributed by atoms with van der Waals surface area (Å²) in [6.07, 6.45) is 1.72. The van der Waals surface area contributed by atoms with Crippen LogP contribution in [0.2, 0.25) is 0 Å². The minimum Gasteiger partial charge on any atom is -0.383 e. The Bertz CT molecular complexity index is 538. The van der Waals surface area contributed by atoms with Crippen LogP contribution in [0.4, 0.5) is 14.6 Å². The van der Waals surface area contributed by atoms with Crippen LogP contribution in [0, 0.1) is 11.6 Å². The van der Waals surface area contributed by atoms with E-state index in [1.807, 2.05) is 6.92 Å². The lowest BCUT2D eigenvalue weighted by Gasteiger charge is -2.06. The van der Waals surface area contributed by atoms with Crippen LogP contribution in [0.5, 0.6) is 0 Å². The summed E-state index contributed by atoms with van der Waals surface area (Å²) in [5, 5.41) is 0.580. The second kappa shape index (κ2) is 4.04. The van der Waals surface area contributed by atoms with Crippen molar-refractivity contribution < 1.29 is 8.78 Å². The topological polar surface area (TPSA) is 38.9 Å². The Morgan fingerprint density at radius 3 is 2.56 bits per heavy atom. The maximum absolute atomic E-state index is 13.0.